The minimum Gasteiger partial charge on any atom is -0.493 e. The molecule has 0 amide bonds. The summed E-state index contributed by atoms with van der Waals surface area (Å²) in [5, 5.41) is 0.612. The Morgan fingerprint density at radius 3 is 2.86 bits per heavy atom. The molecule has 0 atom stereocenters. The second-order valence-electron chi connectivity index (χ2n) is 4.53. The molecule has 0 aromatic heterocycles. The summed E-state index contributed by atoms with van der Waals surface area (Å²) >= 11 is 7.96. The lowest BCUT2D eigenvalue weighted by atomic mass is 10.2. The average Bonchev–Trinajstić information content (AvgIpc) is 2.97. The standard InChI is InChI=1S/C16H15ClO3S/c17-14-8-12(9-15-16(14)20-11-19-15)10-21-7-6-18-13-4-2-1-3-5-13/h1-5,8-9H,6-7,10-11H2. The molecule has 1 aliphatic heterocycles. The van der Waals surface area contributed by atoms with Gasteiger partial charge in [-0.25, -0.2) is 0 Å². The second kappa shape index (κ2) is 6.96. The first kappa shape index (κ1) is 14.4. The molecule has 5 heteroatoms. The van der Waals surface area contributed by atoms with Gasteiger partial charge < -0.3 is 14.2 Å². The van der Waals surface area contributed by atoms with Gasteiger partial charge in [-0.15, -0.1) is 0 Å². The summed E-state index contributed by atoms with van der Waals surface area (Å²) in [5.41, 5.74) is 1.13. The molecule has 0 saturated heterocycles. The van der Waals surface area contributed by atoms with Gasteiger partial charge in [0.25, 0.3) is 0 Å². The predicted molar refractivity (Wildman–Crippen MR) is 85.7 cm³/mol. The van der Waals surface area contributed by atoms with Crippen LogP contribution in [0.25, 0.3) is 0 Å². The van der Waals surface area contributed by atoms with Crippen LogP contribution < -0.4 is 14.2 Å². The Hall–Kier alpha value is -1.52. The molecule has 110 valence electrons. The molecule has 0 bridgehead atoms. The van der Waals surface area contributed by atoms with Crippen LogP contribution >= 0.6 is 23.4 Å². The molecule has 0 fully saturated rings. The summed E-state index contributed by atoms with van der Waals surface area (Å²) in [6, 6.07) is 13.8. The van der Waals surface area contributed by atoms with Crippen molar-refractivity contribution in [2.24, 2.45) is 0 Å². The molecular weight excluding hydrogens is 308 g/mol. The Kier molecular flexibility index (Phi) is 4.78. The quantitative estimate of drug-likeness (QED) is 0.738. The van der Waals surface area contributed by atoms with Crippen LogP contribution in [0.3, 0.4) is 0 Å². The summed E-state index contributed by atoms with van der Waals surface area (Å²) in [7, 11) is 0. The Bertz CT molecular complexity index is 604. The van der Waals surface area contributed by atoms with Crippen molar-refractivity contribution in [2.75, 3.05) is 19.2 Å². The molecule has 0 saturated carbocycles. The Morgan fingerprint density at radius 1 is 1.14 bits per heavy atom. The van der Waals surface area contributed by atoms with Crippen molar-refractivity contribution in [1.29, 1.82) is 0 Å². The molecule has 0 radical (unpaired) electrons. The number of thioether (sulfide) groups is 1. The summed E-state index contributed by atoms with van der Waals surface area (Å²) in [6.07, 6.45) is 0. The molecule has 0 spiro atoms. The Labute approximate surface area is 133 Å². The predicted octanol–water partition coefficient (Wildman–Crippen LogP) is 4.38. The molecule has 1 aliphatic rings. The van der Waals surface area contributed by atoms with Crippen LogP contribution in [0.1, 0.15) is 5.56 Å². The van der Waals surface area contributed by atoms with E-state index in [-0.39, 0.29) is 6.79 Å². The zero-order chi connectivity index (χ0) is 14.5. The third-order valence-corrected chi connectivity index (χ3v) is 4.27. The van der Waals surface area contributed by atoms with Crippen molar-refractivity contribution in [2.45, 2.75) is 5.75 Å². The highest BCUT2D eigenvalue weighted by atomic mass is 35.5. The summed E-state index contributed by atoms with van der Waals surface area (Å²) in [6.45, 7) is 0.934. The highest BCUT2D eigenvalue weighted by molar-refractivity contribution is 7.98. The van der Waals surface area contributed by atoms with Crippen LogP contribution in [0.2, 0.25) is 5.02 Å². The molecule has 2 aromatic rings. The minimum atomic E-state index is 0.247. The number of para-hydroxylation sites is 1. The van der Waals surface area contributed by atoms with E-state index in [1.807, 2.05) is 42.5 Å². The number of ether oxygens (including phenoxy) is 3. The molecule has 0 aliphatic carbocycles. The lowest BCUT2D eigenvalue weighted by Crippen LogP contribution is -2.00. The highest BCUT2D eigenvalue weighted by Gasteiger charge is 2.18. The molecule has 0 N–H and O–H groups in total. The zero-order valence-electron chi connectivity index (χ0n) is 11.4. The van der Waals surface area contributed by atoms with Crippen molar-refractivity contribution in [3.8, 4) is 17.2 Å². The maximum Gasteiger partial charge on any atom is 0.231 e. The topological polar surface area (TPSA) is 27.7 Å². The van der Waals surface area contributed by atoms with E-state index < -0.39 is 0 Å². The van der Waals surface area contributed by atoms with Crippen LogP contribution in [0.4, 0.5) is 0 Å². The van der Waals surface area contributed by atoms with Gasteiger partial charge in [-0.2, -0.15) is 11.8 Å². The van der Waals surface area contributed by atoms with Gasteiger partial charge in [0.05, 0.1) is 11.6 Å². The zero-order valence-corrected chi connectivity index (χ0v) is 13.0. The first-order chi connectivity index (χ1) is 10.3. The molecule has 2 aromatic carbocycles. The Balaban J connectivity index is 1.45. The SMILES string of the molecule is Clc1cc(CSCCOc2ccccc2)cc2c1OCO2. The fraction of sp³-hybridized carbons (Fsp3) is 0.250. The highest BCUT2D eigenvalue weighted by Crippen LogP contribution is 2.40. The van der Waals surface area contributed by atoms with Crippen LogP contribution in [-0.2, 0) is 5.75 Å². The molecule has 1 heterocycles. The van der Waals surface area contributed by atoms with Crippen LogP contribution in [0.5, 0.6) is 17.2 Å². The van der Waals surface area contributed by atoms with Gasteiger partial charge in [0.15, 0.2) is 11.5 Å². The molecule has 0 unspecified atom stereocenters. The lowest BCUT2D eigenvalue weighted by molar-refractivity contribution is 0.174. The number of rotatable bonds is 6. The third-order valence-electron chi connectivity index (χ3n) is 3.00. The summed E-state index contributed by atoms with van der Waals surface area (Å²) in [4.78, 5) is 0. The molecule has 3 nitrogen and oxygen atoms in total. The fourth-order valence-electron chi connectivity index (χ4n) is 2.03. The normalized spacial score (nSPS) is 12.4. The van der Waals surface area contributed by atoms with Crippen LogP contribution in [0.15, 0.2) is 42.5 Å². The summed E-state index contributed by atoms with van der Waals surface area (Å²) in [5.74, 6) is 4.08. The number of hydrogen-bond acceptors (Lipinski definition) is 4. The van der Waals surface area contributed by atoms with Gasteiger partial charge in [0, 0.05) is 11.5 Å². The van der Waals surface area contributed by atoms with E-state index in [0.29, 0.717) is 17.4 Å². The maximum atomic E-state index is 6.16. The number of hydrogen-bond donors (Lipinski definition) is 0. The lowest BCUT2D eigenvalue weighted by Gasteiger charge is -2.07. The van der Waals surface area contributed by atoms with Gasteiger partial charge in [0.1, 0.15) is 5.75 Å². The van der Waals surface area contributed by atoms with Crippen LogP contribution in [-0.4, -0.2) is 19.2 Å². The summed E-state index contributed by atoms with van der Waals surface area (Å²) < 4.78 is 16.3. The maximum absolute atomic E-state index is 6.16. The average molecular weight is 323 g/mol. The van der Waals surface area contributed by atoms with E-state index in [9.17, 15) is 0 Å². The van der Waals surface area contributed by atoms with Gasteiger partial charge in [-0.3, -0.25) is 0 Å². The number of fused-ring (bicyclic) bond motifs is 1. The largest absolute Gasteiger partial charge is 0.493 e. The molecule has 21 heavy (non-hydrogen) atoms. The van der Waals surface area contributed by atoms with Crippen molar-refractivity contribution in [1.82, 2.24) is 0 Å². The van der Waals surface area contributed by atoms with Crippen LogP contribution in [0, 0.1) is 0 Å². The van der Waals surface area contributed by atoms with Gasteiger partial charge in [0.2, 0.25) is 6.79 Å². The van der Waals surface area contributed by atoms with Gasteiger partial charge in [-0.05, 0) is 29.8 Å². The number of benzene rings is 2. The third kappa shape index (κ3) is 3.77. The van der Waals surface area contributed by atoms with Crippen molar-refractivity contribution in [3.05, 3.63) is 53.1 Å². The second-order valence-corrected chi connectivity index (χ2v) is 6.04. The first-order valence-electron chi connectivity index (χ1n) is 6.66. The fourth-order valence-corrected chi connectivity index (χ4v) is 3.07. The van der Waals surface area contributed by atoms with Gasteiger partial charge >= 0.3 is 0 Å². The number of halogens is 1. The van der Waals surface area contributed by atoms with E-state index in [1.54, 1.807) is 11.8 Å². The van der Waals surface area contributed by atoms with E-state index in [1.165, 1.54) is 0 Å². The van der Waals surface area contributed by atoms with Crippen molar-refractivity contribution >= 4 is 23.4 Å². The smallest absolute Gasteiger partial charge is 0.231 e. The van der Waals surface area contributed by atoms with Gasteiger partial charge in [-0.1, -0.05) is 29.8 Å². The monoisotopic (exact) mass is 322 g/mol. The van der Waals surface area contributed by atoms with E-state index in [2.05, 4.69) is 0 Å². The van der Waals surface area contributed by atoms with E-state index in [4.69, 9.17) is 25.8 Å². The Morgan fingerprint density at radius 2 is 2.00 bits per heavy atom. The van der Waals surface area contributed by atoms with Crippen molar-refractivity contribution < 1.29 is 14.2 Å². The molecule has 3 rings (SSSR count). The first-order valence-corrected chi connectivity index (χ1v) is 8.20. The van der Waals surface area contributed by atoms with Crippen molar-refractivity contribution in [3.63, 3.8) is 0 Å². The molecular formula is C16H15ClO3S. The van der Waals surface area contributed by atoms with E-state index in [0.717, 1.165) is 28.6 Å². The minimum absolute atomic E-state index is 0.247. The van der Waals surface area contributed by atoms with E-state index >= 15 is 0 Å².